The van der Waals surface area contributed by atoms with Crippen molar-refractivity contribution >= 4 is 22.4 Å². The second-order valence-electron chi connectivity index (χ2n) is 9.55. The Kier molecular flexibility index (Phi) is 16.3. The van der Waals surface area contributed by atoms with E-state index < -0.39 is 0 Å². The predicted molar refractivity (Wildman–Crippen MR) is 168 cm³/mol. The molecular formula is C33H51N5. The number of hydrogen-bond acceptors (Lipinski definition) is 3. The van der Waals surface area contributed by atoms with Crippen molar-refractivity contribution in [1.29, 1.82) is 0 Å². The Morgan fingerprint density at radius 3 is 2.24 bits per heavy atom. The Bertz CT molecular complexity index is 1140. The fraction of sp³-hybridized carbons (Fsp3) is 0.515. The lowest BCUT2D eigenvalue weighted by Gasteiger charge is -2.07. The van der Waals surface area contributed by atoms with E-state index in [2.05, 4.69) is 93.2 Å². The molecule has 0 saturated heterocycles. The molecule has 1 N–H and O–H groups in total. The second-order valence-corrected chi connectivity index (χ2v) is 9.55. The molecule has 2 heterocycles. The van der Waals surface area contributed by atoms with Gasteiger partial charge in [0, 0.05) is 36.0 Å². The van der Waals surface area contributed by atoms with Gasteiger partial charge >= 0.3 is 0 Å². The monoisotopic (exact) mass is 517 g/mol. The van der Waals surface area contributed by atoms with Gasteiger partial charge in [-0.2, -0.15) is 5.10 Å². The number of nitrogens with one attached hydrogen (secondary N) is 1. The van der Waals surface area contributed by atoms with Gasteiger partial charge < -0.3 is 9.88 Å². The third-order valence-electron chi connectivity index (χ3n) is 6.53. The highest BCUT2D eigenvalue weighted by molar-refractivity contribution is 5.94. The Hall–Kier alpha value is -3.26. The molecule has 0 spiro atoms. The molecule has 1 aromatic carbocycles. The highest BCUT2D eigenvalue weighted by Gasteiger charge is 2.08. The second kappa shape index (κ2) is 18.9. The van der Waals surface area contributed by atoms with Gasteiger partial charge in [-0.05, 0) is 68.5 Å². The van der Waals surface area contributed by atoms with Gasteiger partial charge in [-0.25, -0.2) is 9.67 Å². The van der Waals surface area contributed by atoms with Crippen molar-refractivity contribution < 1.29 is 0 Å². The van der Waals surface area contributed by atoms with Gasteiger partial charge in [0.15, 0.2) is 0 Å². The largest absolute Gasteiger partial charge is 0.366 e. The maximum Gasteiger partial charge on any atom is 0.150 e. The van der Waals surface area contributed by atoms with Crippen LogP contribution in [-0.4, -0.2) is 26.9 Å². The van der Waals surface area contributed by atoms with Crippen LogP contribution in [0, 0.1) is 19.8 Å². The molecule has 0 aliphatic carbocycles. The minimum atomic E-state index is 0.503. The maximum atomic E-state index is 4.74. The zero-order valence-corrected chi connectivity index (χ0v) is 25.1. The molecule has 0 amide bonds. The first kappa shape index (κ1) is 32.8. The number of aromatic nitrogens is 3. The van der Waals surface area contributed by atoms with Crippen molar-refractivity contribution in [2.75, 3.05) is 12.0 Å². The molecule has 5 nitrogen and oxygen atoms in total. The van der Waals surface area contributed by atoms with Gasteiger partial charge in [0.1, 0.15) is 12.5 Å². The summed E-state index contributed by atoms with van der Waals surface area (Å²) in [7, 11) is 2.12. The highest BCUT2D eigenvalue weighted by atomic mass is 15.3. The molecule has 0 aliphatic rings. The van der Waals surface area contributed by atoms with E-state index in [-0.39, 0.29) is 0 Å². The minimum absolute atomic E-state index is 0.503. The summed E-state index contributed by atoms with van der Waals surface area (Å²) >= 11 is 0. The van der Waals surface area contributed by atoms with Crippen molar-refractivity contribution in [2.45, 2.75) is 99.3 Å². The third kappa shape index (κ3) is 10.2. The maximum absolute atomic E-state index is 4.74. The van der Waals surface area contributed by atoms with Crippen LogP contribution in [0.3, 0.4) is 0 Å². The van der Waals surface area contributed by atoms with Crippen LogP contribution in [0.2, 0.25) is 0 Å². The van der Waals surface area contributed by atoms with Crippen LogP contribution in [0.5, 0.6) is 0 Å². The van der Waals surface area contributed by atoms with Crippen LogP contribution in [0.1, 0.15) is 96.4 Å². The van der Waals surface area contributed by atoms with Crippen LogP contribution in [0.4, 0.5) is 5.69 Å². The molecule has 3 aromatic rings. The average Bonchev–Trinajstić information content (AvgIpc) is 3.47. The van der Waals surface area contributed by atoms with Crippen molar-refractivity contribution in [3.05, 3.63) is 59.6 Å². The summed E-state index contributed by atoms with van der Waals surface area (Å²) in [6.07, 6.45) is 27.9. The number of unbranched alkanes of at least 4 members (excludes halogenated alkanes) is 5. The summed E-state index contributed by atoms with van der Waals surface area (Å²) in [5, 5.41) is 9.40. The van der Waals surface area contributed by atoms with Crippen LogP contribution < -0.4 is 5.32 Å². The van der Waals surface area contributed by atoms with Gasteiger partial charge in [-0.1, -0.05) is 72.3 Å². The number of anilines is 1. The minimum Gasteiger partial charge on any atom is -0.366 e. The van der Waals surface area contributed by atoms with E-state index in [1.165, 1.54) is 67.0 Å². The highest BCUT2D eigenvalue weighted by Crippen LogP contribution is 2.25. The zero-order chi connectivity index (χ0) is 28.3. The quantitative estimate of drug-likeness (QED) is 0.113. The molecular weight excluding hydrogens is 466 g/mol. The Morgan fingerprint density at radius 1 is 0.974 bits per heavy atom. The molecule has 0 bridgehead atoms. The Balaban J connectivity index is 0.000000696. The lowest BCUT2D eigenvalue weighted by Crippen LogP contribution is -2.12. The normalized spacial score (nSPS) is 11.2. The van der Waals surface area contributed by atoms with Gasteiger partial charge in [0.25, 0.3) is 0 Å². The molecule has 5 heteroatoms. The number of allylic oxidation sites excluding steroid dienone is 2. The number of hydrogen-bond donors (Lipinski definition) is 1. The van der Waals surface area contributed by atoms with E-state index in [1.807, 2.05) is 30.7 Å². The summed E-state index contributed by atoms with van der Waals surface area (Å²) in [6, 6.07) is 6.57. The number of aliphatic imine (C=N–C) groups is 1. The molecule has 2 aromatic heterocycles. The molecule has 0 unspecified atom stereocenters. The number of nitrogens with zero attached hydrogens (tertiary/aromatic N) is 4. The fourth-order valence-electron chi connectivity index (χ4n) is 4.35. The molecule has 3 rings (SSSR count). The van der Waals surface area contributed by atoms with Gasteiger partial charge in [-0.3, -0.25) is 0 Å². The van der Waals surface area contributed by atoms with Crippen LogP contribution in [-0.2, 0) is 19.9 Å². The average molecular weight is 518 g/mol. The lowest BCUT2D eigenvalue weighted by molar-refractivity contribution is 0.656. The Labute approximate surface area is 232 Å². The first-order chi connectivity index (χ1) is 18.5. The molecule has 0 atom stereocenters. The molecule has 0 aliphatic heterocycles. The summed E-state index contributed by atoms with van der Waals surface area (Å²) in [5.41, 5.74) is 6.11. The molecule has 0 radical (unpaired) electrons. The number of aryl methyl sites for hydroxylation is 4. The van der Waals surface area contributed by atoms with Gasteiger partial charge in [0.05, 0.1) is 5.69 Å². The topological polar surface area (TPSA) is 47.1 Å². The van der Waals surface area contributed by atoms with Crippen LogP contribution in [0.15, 0.2) is 47.7 Å². The van der Waals surface area contributed by atoms with Crippen LogP contribution in [0.25, 0.3) is 10.9 Å². The van der Waals surface area contributed by atoms with Crippen LogP contribution >= 0.6 is 0 Å². The Morgan fingerprint density at radius 2 is 1.66 bits per heavy atom. The van der Waals surface area contributed by atoms with E-state index in [9.17, 15) is 0 Å². The summed E-state index contributed by atoms with van der Waals surface area (Å²) in [6.45, 7) is 13.4. The van der Waals surface area contributed by atoms with E-state index in [4.69, 9.17) is 4.99 Å². The van der Waals surface area contributed by atoms with Gasteiger partial charge in [0.2, 0.25) is 0 Å². The molecule has 38 heavy (non-hydrogen) atoms. The molecule has 0 fully saturated rings. The molecule has 0 saturated carbocycles. The summed E-state index contributed by atoms with van der Waals surface area (Å²) in [5.74, 6) is 0.840. The fourth-order valence-corrected chi connectivity index (χ4v) is 4.35. The number of benzene rings is 1. The third-order valence-corrected chi connectivity index (χ3v) is 6.53. The van der Waals surface area contributed by atoms with Crippen molar-refractivity contribution in [2.24, 2.45) is 12.0 Å². The van der Waals surface area contributed by atoms with E-state index in [0.717, 1.165) is 30.1 Å². The standard InChI is InChI=1S/C24H33N5.C7H16.C2H2/c1-6-9-11-20-15-28(5)23-13-12-21(14-22(20)23)25-17-26-24(10-7-2)29-16-19(8-3)18(4)27-29;1-3-5-7-6-4-2;1-2/h7,10,12-16,25H,6,8-9,11,17H2,1-5H3;3-7H2,1-2H3;1-2H/b10-7-,26-24+;;. The van der Waals surface area contributed by atoms with E-state index >= 15 is 0 Å². The van der Waals surface area contributed by atoms with E-state index in [0.29, 0.717) is 6.67 Å². The SMILES string of the molecule is C#C.C/C=C\C(=N/CNc1ccc2c(c1)c(CCCC)cn2C)n1cc(CC)c(C)n1.CCCCCCC. The summed E-state index contributed by atoms with van der Waals surface area (Å²) < 4.78 is 4.09. The first-order valence-corrected chi connectivity index (χ1v) is 14.4. The van der Waals surface area contributed by atoms with Crippen molar-refractivity contribution in [3.8, 4) is 12.8 Å². The number of terminal acetylenes is 1. The number of rotatable bonds is 12. The lowest BCUT2D eigenvalue weighted by atomic mass is 10.1. The van der Waals surface area contributed by atoms with Crippen molar-refractivity contribution in [3.63, 3.8) is 0 Å². The molecule has 208 valence electrons. The first-order valence-electron chi connectivity index (χ1n) is 14.4. The zero-order valence-electron chi connectivity index (χ0n) is 25.1. The summed E-state index contributed by atoms with van der Waals surface area (Å²) in [4.78, 5) is 4.74. The predicted octanol–water partition coefficient (Wildman–Crippen LogP) is 8.71. The smallest absolute Gasteiger partial charge is 0.150 e. The van der Waals surface area contributed by atoms with E-state index in [1.54, 1.807) is 0 Å². The van der Waals surface area contributed by atoms with Gasteiger partial charge in [-0.15, -0.1) is 12.8 Å². The number of fused-ring (bicyclic) bond motifs is 1. The van der Waals surface area contributed by atoms with Crippen molar-refractivity contribution in [1.82, 2.24) is 14.3 Å².